The largest absolute Gasteiger partial charge is 0.386 e. The van der Waals surface area contributed by atoms with Gasteiger partial charge in [0.15, 0.2) is 5.79 Å². The number of ether oxygens (including phenoxy) is 3. The summed E-state index contributed by atoms with van der Waals surface area (Å²) in [6, 6.07) is 0. The fourth-order valence-electron chi connectivity index (χ4n) is 2.56. The molecule has 1 aliphatic heterocycles. The van der Waals surface area contributed by atoms with Gasteiger partial charge in [0, 0.05) is 5.92 Å². The summed E-state index contributed by atoms with van der Waals surface area (Å²) in [5.74, 6) is -0.650. The molecule has 2 aliphatic rings. The minimum absolute atomic E-state index is 0.00833. The normalized spacial score (nSPS) is 39.1. The highest BCUT2D eigenvalue weighted by atomic mass is 16.8. The van der Waals surface area contributed by atoms with E-state index < -0.39 is 11.9 Å². The van der Waals surface area contributed by atoms with E-state index in [1.54, 1.807) is 0 Å². The number of rotatable bonds is 2. The van der Waals surface area contributed by atoms with E-state index in [1.807, 2.05) is 34.6 Å². The molecule has 1 saturated heterocycles. The van der Waals surface area contributed by atoms with Crippen LogP contribution < -0.4 is 0 Å². The maximum atomic E-state index is 10.1. The summed E-state index contributed by atoms with van der Waals surface area (Å²) in [6.07, 6.45) is -1.14. The second-order valence-electron chi connectivity index (χ2n) is 6.61. The number of aliphatic hydroxyl groups excluding tert-OH is 1. The first-order valence-electron chi connectivity index (χ1n) is 6.47. The van der Waals surface area contributed by atoms with Crippen molar-refractivity contribution in [1.29, 1.82) is 0 Å². The Hall–Kier alpha value is -0.420. The topological polar surface area (TPSA) is 47.9 Å². The second kappa shape index (κ2) is 4.30. The van der Waals surface area contributed by atoms with Crippen molar-refractivity contribution in [1.82, 2.24) is 0 Å². The summed E-state index contributed by atoms with van der Waals surface area (Å²) < 4.78 is 17.4. The van der Waals surface area contributed by atoms with Gasteiger partial charge >= 0.3 is 0 Å². The zero-order valence-corrected chi connectivity index (χ0v) is 11.9. The molecule has 1 aliphatic carbocycles. The van der Waals surface area contributed by atoms with Crippen LogP contribution >= 0.6 is 0 Å². The van der Waals surface area contributed by atoms with Crippen LogP contribution in [-0.2, 0) is 14.2 Å². The first-order chi connectivity index (χ1) is 8.11. The van der Waals surface area contributed by atoms with Crippen LogP contribution in [0.25, 0.3) is 0 Å². The molecule has 0 radical (unpaired) electrons. The molecule has 0 unspecified atom stereocenters. The molecule has 4 heteroatoms. The van der Waals surface area contributed by atoms with Crippen LogP contribution in [0.2, 0.25) is 0 Å². The molecule has 0 aromatic carbocycles. The van der Waals surface area contributed by atoms with Crippen molar-refractivity contribution in [2.75, 3.05) is 6.61 Å². The van der Waals surface area contributed by atoms with Crippen molar-refractivity contribution in [2.45, 2.75) is 64.3 Å². The number of hydrogen-bond acceptors (Lipinski definition) is 4. The molecule has 4 atom stereocenters. The Morgan fingerprint density at radius 2 is 1.83 bits per heavy atom. The van der Waals surface area contributed by atoms with Crippen molar-refractivity contribution >= 4 is 0 Å². The number of aliphatic hydroxyl groups is 1. The van der Waals surface area contributed by atoms with Gasteiger partial charge in [0.25, 0.3) is 0 Å². The minimum Gasteiger partial charge on any atom is -0.386 e. The molecule has 0 aromatic rings. The molecule has 2 fully saturated rings. The average Bonchev–Trinajstić information content (AvgIpc) is 2.60. The van der Waals surface area contributed by atoms with Crippen molar-refractivity contribution in [2.24, 2.45) is 5.92 Å². The molecule has 4 nitrogen and oxygen atoms in total. The van der Waals surface area contributed by atoms with Gasteiger partial charge in [-0.2, -0.15) is 0 Å². The van der Waals surface area contributed by atoms with Gasteiger partial charge < -0.3 is 19.3 Å². The van der Waals surface area contributed by atoms with Crippen LogP contribution in [0.5, 0.6) is 0 Å². The fourth-order valence-corrected chi connectivity index (χ4v) is 2.56. The Bertz CT molecular complexity index is 342. The molecule has 0 amide bonds. The minimum atomic E-state index is -0.662. The highest BCUT2D eigenvalue weighted by Gasteiger charge is 2.55. The third kappa shape index (κ3) is 2.62. The quantitative estimate of drug-likeness (QED) is 0.766. The first kappa shape index (κ1) is 14.0. The van der Waals surface area contributed by atoms with Gasteiger partial charge in [-0.3, -0.25) is 0 Å². The van der Waals surface area contributed by atoms with E-state index in [2.05, 4.69) is 6.58 Å². The SMILES string of the molecule is C=C1[C@H](O)[C@@H]2OC(C)(C)O[C@@H]2[C@H]1COC(C)(C)C. The molecular formula is C14H24O4. The Labute approximate surface area is 109 Å². The van der Waals surface area contributed by atoms with E-state index in [0.717, 1.165) is 5.57 Å². The van der Waals surface area contributed by atoms with E-state index in [4.69, 9.17) is 14.2 Å². The monoisotopic (exact) mass is 256 g/mol. The van der Waals surface area contributed by atoms with Gasteiger partial charge in [0.1, 0.15) is 12.2 Å². The molecule has 0 aromatic heterocycles. The van der Waals surface area contributed by atoms with Crippen LogP contribution in [-0.4, -0.2) is 41.4 Å². The number of hydrogen-bond donors (Lipinski definition) is 1. The maximum Gasteiger partial charge on any atom is 0.163 e. The van der Waals surface area contributed by atoms with Crippen LogP contribution in [0.4, 0.5) is 0 Å². The summed E-state index contributed by atoms with van der Waals surface area (Å²) in [6.45, 7) is 14.2. The lowest BCUT2D eigenvalue weighted by Gasteiger charge is -2.27. The Morgan fingerprint density at radius 3 is 2.39 bits per heavy atom. The summed E-state index contributed by atoms with van der Waals surface area (Å²) in [5.41, 5.74) is 0.544. The molecule has 18 heavy (non-hydrogen) atoms. The lowest BCUT2D eigenvalue weighted by atomic mass is 10.0. The Kier molecular flexibility index (Phi) is 3.35. The molecule has 104 valence electrons. The molecule has 0 bridgehead atoms. The molecule has 0 spiro atoms. The van der Waals surface area contributed by atoms with Crippen molar-refractivity contribution in [3.05, 3.63) is 12.2 Å². The van der Waals surface area contributed by atoms with Crippen molar-refractivity contribution in [3.8, 4) is 0 Å². The molecular weight excluding hydrogens is 232 g/mol. The summed E-state index contributed by atoms with van der Waals surface area (Å²) in [7, 11) is 0. The molecule has 1 N–H and O–H groups in total. The Balaban J connectivity index is 2.08. The highest BCUT2D eigenvalue weighted by molar-refractivity contribution is 5.22. The van der Waals surface area contributed by atoms with Gasteiger partial charge in [0.05, 0.1) is 18.3 Å². The van der Waals surface area contributed by atoms with Crippen molar-refractivity contribution < 1.29 is 19.3 Å². The zero-order valence-electron chi connectivity index (χ0n) is 11.9. The lowest BCUT2D eigenvalue weighted by Crippen LogP contribution is -2.31. The first-order valence-corrected chi connectivity index (χ1v) is 6.47. The third-order valence-corrected chi connectivity index (χ3v) is 3.42. The highest BCUT2D eigenvalue weighted by Crippen LogP contribution is 2.44. The molecule has 2 rings (SSSR count). The van der Waals surface area contributed by atoms with E-state index in [1.165, 1.54) is 0 Å². The van der Waals surface area contributed by atoms with Crippen LogP contribution in [0.15, 0.2) is 12.2 Å². The smallest absolute Gasteiger partial charge is 0.163 e. The standard InChI is InChI=1S/C14H24O4/c1-8-9(7-16-13(2,3)4)11-12(10(8)15)18-14(5,6)17-11/h9-12,15H,1,7H2,2-6H3/t9-,10-,11+,12-/m0/s1. The third-order valence-electron chi connectivity index (χ3n) is 3.42. The average molecular weight is 256 g/mol. The van der Waals surface area contributed by atoms with Gasteiger partial charge in [-0.25, -0.2) is 0 Å². The molecule has 1 saturated carbocycles. The van der Waals surface area contributed by atoms with E-state index in [0.29, 0.717) is 6.61 Å². The van der Waals surface area contributed by atoms with Crippen LogP contribution in [0.1, 0.15) is 34.6 Å². The molecule has 1 heterocycles. The number of fused-ring (bicyclic) bond motifs is 1. The van der Waals surface area contributed by atoms with Crippen LogP contribution in [0.3, 0.4) is 0 Å². The maximum absolute atomic E-state index is 10.1. The van der Waals surface area contributed by atoms with Crippen LogP contribution in [0, 0.1) is 5.92 Å². The van der Waals surface area contributed by atoms with Crippen molar-refractivity contribution in [3.63, 3.8) is 0 Å². The van der Waals surface area contributed by atoms with E-state index >= 15 is 0 Å². The summed E-state index contributed by atoms with van der Waals surface area (Å²) in [5, 5.41) is 10.1. The second-order valence-corrected chi connectivity index (χ2v) is 6.61. The summed E-state index contributed by atoms with van der Waals surface area (Å²) in [4.78, 5) is 0. The summed E-state index contributed by atoms with van der Waals surface area (Å²) >= 11 is 0. The van der Waals surface area contributed by atoms with Gasteiger partial charge in [0.2, 0.25) is 0 Å². The zero-order chi connectivity index (χ0) is 13.7. The lowest BCUT2D eigenvalue weighted by molar-refractivity contribution is -0.163. The van der Waals surface area contributed by atoms with Gasteiger partial charge in [-0.1, -0.05) is 6.58 Å². The fraction of sp³-hybridized carbons (Fsp3) is 0.857. The predicted molar refractivity (Wildman–Crippen MR) is 68.2 cm³/mol. The van der Waals surface area contributed by atoms with Gasteiger partial charge in [-0.05, 0) is 40.2 Å². The van der Waals surface area contributed by atoms with Gasteiger partial charge in [-0.15, -0.1) is 0 Å². The predicted octanol–water partition coefficient (Wildman–Crippen LogP) is 1.87. The van der Waals surface area contributed by atoms with E-state index in [9.17, 15) is 5.11 Å². The van der Waals surface area contributed by atoms with E-state index in [-0.39, 0.29) is 23.7 Å². The Morgan fingerprint density at radius 1 is 1.28 bits per heavy atom.